The van der Waals surface area contributed by atoms with E-state index >= 15 is 0 Å². The second-order valence-electron chi connectivity index (χ2n) is 3.38. The van der Waals surface area contributed by atoms with Crippen molar-refractivity contribution in [1.29, 1.82) is 0 Å². The predicted octanol–water partition coefficient (Wildman–Crippen LogP) is 2.19. The second-order valence-corrected chi connectivity index (χ2v) is 3.38. The average molecular weight is 173 g/mol. The van der Waals surface area contributed by atoms with Gasteiger partial charge in [0, 0.05) is 6.61 Å². The van der Waals surface area contributed by atoms with Crippen LogP contribution >= 0.6 is 0 Å². The van der Waals surface area contributed by atoms with E-state index in [0.717, 1.165) is 26.1 Å². The van der Waals surface area contributed by atoms with Gasteiger partial charge in [-0.2, -0.15) is 0 Å². The maximum atomic E-state index is 5.41. The number of hydrogen-bond donors (Lipinski definition) is 1. The van der Waals surface area contributed by atoms with E-state index in [0.29, 0.717) is 6.10 Å². The first kappa shape index (κ1) is 11.9. The summed E-state index contributed by atoms with van der Waals surface area (Å²) in [6.45, 7) is 9.49. The van der Waals surface area contributed by atoms with Crippen molar-refractivity contribution >= 4 is 0 Å². The summed E-state index contributed by atoms with van der Waals surface area (Å²) in [6, 6.07) is 0. The Hall–Kier alpha value is -0.0800. The van der Waals surface area contributed by atoms with Gasteiger partial charge < -0.3 is 10.1 Å². The SMILES string of the molecule is CCCCNCCCOC(C)C. The molecule has 0 aliphatic carbocycles. The second kappa shape index (κ2) is 9.01. The molecule has 12 heavy (non-hydrogen) atoms. The van der Waals surface area contributed by atoms with Crippen LogP contribution in [-0.4, -0.2) is 25.8 Å². The van der Waals surface area contributed by atoms with Crippen LogP contribution in [-0.2, 0) is 4.74 Å². The van der Waals surface area contributed by atoms with Gasteiger partial charge in [-0.25, -0.2) is 0 Å². The minimum Gasteiger partial charge on any atom is -0.379 e. The van der Waals surface area contributed by atoms with Gasteiger partial charge in [-0.05, 0) is 39.8 Å². The van der Waals surface area contributed by atoms with E-state index in [2.05, 4.69) is 26.1 Å². The van der Waals surface area contributed by atoms with E-state index in [1.807, 2.05) is 0 Å². The van der Waals surface area contributed by atoms with Crippen LogP contribution in [0.3, 0.4) is 0 Å². The molecule has 0 aliphatic rings. The van der Waals surface area contributed by atoms with Crippen LogP contribution in [0.5, 0.6) is 0 Å². The molecule has 0 aromatic carbocycles. The summed E-state index contributed by atoms with van der Waals surface area (Å²) in [5.74, 6) is 0. The molecule has 0 aliphatic heterocycles. The third kappa shape index (κ3) is 9.92. The number of rotatable bonds is 8. The first-order chi connectivity index (χ1) is 5.77. The molecule has 0 saturated carbocycles. The molecule has 74 valence electrons. The van der Waals surface area contributed by atoms with E-state index in [1.165, 1.54) is 12.8 Å². The quantitative estimate of drug-likeness (QED) is 0.568. The molecule has 0 unspecified atom stereocenters. The number of hydrogen-bond acceptors (Lipinski definition) is 2. The molecule has 0 aromatic rings. The van der Waals surface area contributed by atoms with Gasteiger partial charge in [-0.1, -0.05) is 13.3 Å². The summed E-state index contributed by atoms with van der Waals surface area (Å²) in [5, 5.41) is 3.38. The minimum atomic E-state index is 0.376. The van der Waals surface area contributed by atoms with Crippen molar-refractivity contribution in [2.24, 2.45) is 0 Å². The molecule has 0 aromatic heterocycles. The molecule has 0 rings (SSSR count). The molecule has 0 heterocycles. The Morgan fingerprint density at radius 3 is 2.42 bits per heavy atom. The summed E-state index contributed by atoms with van der Waals surface area (Å²) in [5.41, 5.74) is 0. The fourth-order valence-corrected chi connectivity index (χ4v) is 0.943. The van der Waals surface area contributed by atoms with E-state index in [1.54, 1.807) is 0 Å². The van der Waals surface area contributed by atoms with Gasteiger partial charge in [0.1, 0.15) is 0 Å². The lowest BCUT2D eigenvalue weighted by molar-refractivity contribution is 0.0771. The molecule has 0 saturated heterocycles. The molecule has 0 fully saturated rings. The summed E-state index contributed by atoms with van der Waals surface area (Å²) in [7, 11) is 0. The van der Waals surface area contributed by atoms with E-state index in [-0.39, 0.29) is 0 Å². The maximum absolute atomic E-state index is 5.41. The van der Waals surface area contributed by atoms with Crippen LogP contribution in [0, 0.1) is 0 Å². The summed E-state index contributed by atoms with van der Waals surface area (Å²) in [6.07, 6.45) is 4.06. The van der Waals surface area contributed by atoms with Crippen molar-refractivity contribution in [3.05, 3.63) is 0 Å². The van der Waals surface area contributed by atoms with Crippen molar-refractivity contribution < 1.29 is 4.74 Å². The topological polar surface area (TPSA) is 21.3 Å². The maximum Gasteiger partial charge on any atom is 0.0518 e. The van der Waals surface area contributed by atoms with Gasteiger partial charge in [0.05, 0.1) is 6.10 Å². The lowest BCUT2D eigenvalue weighted by atomic mass is 10.3. The molecule has 0 radical (unpaired) electrons. The van der Waals surface area contributed by atoms with Gasteiger partial charge in [0.25, 0.3) is 0 Å². The summed E-state index contributed by atoms with van der Waals surface area (Å²) >= 11 is 0. The monoisotopic (exact) mass is 173 g/mol. The third-order valence-corrected chi connectivity index (χ3v) is 1.66. The van der Waals surface area contributed by atoms with E-state index in [9.17, 15) is 0 Å². The Morgan fingerprint density at radius 1 is 1.17 bits per heavy atom. The van der Waals surface area contributed by atoms with Crippen LogP contribution in [0.2, 0.25) is 0 Å². The van der Waals surface area contributed by atoms with E-state index < -0.39 is 0 Å². The first-order valence-electron chi connectivity index (χ1n) is 5.09. The fraction of sp³-hybridized carbons (Fsp3) is 1.00. The highest BCUT2D eigenvalue weighted by Gasteiger charge is 1.92. The average Bonchev–Trinajstić information content (AvgIpc) is 2.02. The zero-order valence-electron chi connectivity index (χ0n) is 8.73. The van der Waals surface area contributed by atoms with Crippen molar-refractivity contribution in [1.82, 2.24) is 5.32 Å². The highest BCUT2D eigenvalue weighted by Crippen LogP contribution is 1.89. The Balaban J connectivity index is 2.82. The Kier molecular flexibility index (Phi) is 8.95. The van der Waals surface area contributed by atoms with Crippen molar-refractivity contribution in [2.75, 3.05) is 19.7 Å². The van der Waals surface area contributed by atoms with Crippen molar-refractivity contribution in [2.45, 2.75) is 46.1 Å². The molecule has 2 heteroatoms. The zero-order valence-corrected chi connectivity index (χ0v) is 8.73. The number of ether oxygens (including phenoxy) is 1. The van der Waals surface area contributed by atoms with Crippen LogP contribution < -0.4 is 5.32 Å². The first-order valence-corrected chi connectivity index (χ1v) is 5.09. The largest absolute Gasteiger partial charge is 0.379 e. The molecule has 1 N–H and O–H groups in total. The van der Waals surface area contributed by atoms with Crippen molar-refractivity contribution in [3.63, 3.8) is 0 Å². The third-order valence-electron chi connectivity index (χ3n) is 1.66. The lowest BCUT2D eigenvalue weighted by Gasteiger charge is -2.07. The highest BCUT2D eigenvalue weighted by atomic mass is 16.5. The summed E-state index contributed by atoms with van der Waals surface area (Å²) < 4.78 is 5.41. The molecule has 0 atom stereocenters. The Morgan fingerprint density at radius 2 is 1.83 bits per heavy atom. The zero-order chi connectivity index (χ0) is 9.23. The van der Waals surface area contributed by atoms with Gasteiger partial charge >= 0.3 is 0 Å². The number of nitrogens with one attached hydrogen (secondary N) is 1. The summed E-state index contributed by atoms with van der Waals surface area (Å²) in [4.78, 5) is 0. The predicted molar refractivity (Wildman–Crippen MR) is 53.5 cm³/mol. The van der Waals surface area contributed by atoms with Crippen LogP contribution in [0.4, 0.5) is 0 Å². The van der Waals surface area contributed by atoms with Gasteiger partial charge in [-0.15, -0.1) is 0 Å². The Bertz CT molecular complexity index is 83.9. The molecular formula is C10H23NO. The number of unbranched alkanes of at least 4 members (excludes halogenated alkanes) is 1. The van der Waals surface area contributed by atoms with Gasteiger partial charge in [-0.3, -0.25) is 0 Å². The highest BCUT2D eigenvalue weighted by molar-refractivity contribution is 4.47. The molecule has 0 bridgehead atoms. The minimum absolute atomic E-state index is 0.376. The van der Waals surface area contributed by atoms with Crippen LogP contribution in [0.15, 0.2) is 0 Å². The molecular weight excluding hydrogens is 150 g/mol. The van der Waals surface area contributed by atoms with Crippen molar-refractivity contribution in [3.8, 4) is 0 Å². The Labute approximate surface area is 76.7 Å². The van der Waals surface area contributed by atoms with Crippen LogP contribution in [0.25, 0.3) is 0 Å². The molecule has 0 spiro atoms. The molecule has 0 amide bonds. The standard InChI is InChI=1S/C10H23NO/c1-4-5-7-11-8-6-9-12-10(2)3/h10-11H,4-9H2,1-3H3. The van der Waals surface area contributed by atoms with E-state index in [4.69, 9.17) is 4.74 Å². The fourth-order valence-electron chi connectivity index (χ4n) is 0.943. The van der Waals surface area contributed by atoms with Gasteiger partial charge in [0.2, 0.25) is 0 Å². The smallest absolute Gasteiger partial charge is 0.0518 e. The van der Waals surface area contributed by atoms with Gasteiger partial charge in [0.15, 0.2) is 0 Å². The van der Waals surface area contributed by atoms with Crippen LogP contribution in [0.1, 0.15) is 40.0 Å². The normalized spacial score (nSPS) is 11.0. The lowest BCUT2D eigenvalue weighted by Crippen LogP contribution is -2.18. The molecule has 2 nitrogen and oxygen atoms in total.